The van der Waals surface area contributed by atoms with Gasteiger partial charge in [0.15, 0.2) is 0 Å². The zero-order valence-corrected chi connectivity index (χ0v) is 11.5. The number of benzene rings is 1. The fraction of sp³-hybridized carbons (Fsp3) is 0.500. The highest BCUT2D eigenvalue weighted by Gasteiger charge is 2.23. The van der Waals surface area contributed by atoms with E-state index in [0.717, 1.165) is 6.42 Å². The van der Waals surface area contributed by atoms with Crippen LogP contribution in [0.4, 0.5) is 0 Å². The van der Waals surface area contributed by atoms with E-state index in [1.54, 1.807) is 6.07 Å². The van der Waals surface area contributed by atoms with Gasteiger partial charge in [0.05, 0.1) is 11.6 Å². The molecule has 0 aliphatic heterocycles. The Morgan fingerprint density at radius 1 is 1.39 bits per heavy atom. The van der Waals surface area contributed by atoms with Crippen LogP contribution in [0, 0.1) is 5.92 Å². The summed E-state index contributed by atoms with van der Waals surface area (Å²) in [5, 5.41) is 9.19. The van der Waals surface area contributed by atoms with E-state index in [1.165, 1.54) is 25.0 Å². The summed E-state index contributed by atoms with van der Waals surface area (Å²) < 4.78 is 26.6. The average molecular weight is 290 g/mol. The highest BCUT2D eigenvalue weighted by atomic mass is 35.5. The molecule has 100 valence electrons. The third-order valence-corrected chi connectivity index (χ3v) is 4.95. The lowest BCUT2D eigenvalue weighted by Crippen LogP contribution is -2.25. The largest absolute Gasteiger partial charge is 0.392 e. The molecule has 0 aromatic heterocycles. The van der Waals surface area contributed by atoms with Crippen molar-refractivity contribution in [1.29, 1.82) is 0 Å². The molecule has 4 nitrogen and oxygen atoms in total. The Morgan fingerprint density at radius 3 is 2.72 bits per heavy atom. The molecule has 6 heteroatoms. The van der Waals surface area contributed by atoms with Gasteiger partial charge in [-0.1, -0.05) is 30.5 Å². The van der Waals surface area contributed by atoms with Gasteiger partial charge in [-0.15, -0.1) is 0 Å². The molecular formula is C12H16ClNO3S. The molecule has 18 heavy (non-hydrogen) atoms. The highest BCUT2D eigenvalue weighted by molar-refractivity contribution is 7.89. The second-order valence-electron chi connectivity index (χ2n) is 4.55. The first-order valence-corrected chi connectivity index (χ1v) is 7.78. The first kappa shape index (κ1) is 13.8. The van der Waals surface area contributed by atoms with Gasteiger partial charge in [-0.25, -0.2) is 13.1 Å². The van der Waals surface area contributed by atoms with Crippen LogP contribution in [0.1, 0.15) is 24.8 Å². The summed E-state index contributed by atoms with van der Waals surface area (Å²) in [5.74, 6) is 0.673. The van der Waals surface area contributed by atoms with Gasteiger partial charge in [0.2, 0.25) is 10.0 Å². The summed E-state index contributed by atoms with van der Waals surface area (Å²) in [7, 11) is -3.58. The van der Waals surface area contributed by atoms with Crippen LogP contribution in [0.2, 0.25) is 5.02 Å². The van der Waals surface area contributed by atoms with Crippen LogP contribution in [-0.4, -0.2) is 20.1 Å². The number of rotatable bonds is 6. The summed E-state index contributed by atoms with van der Waals surface area (Å²) in [6, 6.07) is 4.50. The van der Waals surface area contributed by atoms with E-state index < -0.39 is 10.0 Å². The van der Waals surface area contributed by atoms with E-state index >= 15 is 0 Å². The first-order chi connectivity index (χ1) is 8.53. The van der Waals surface area contributed by atoms with Crippen LogP contribution in [-0.2, 0) is 16.6 Å². The predicted octanol–water partition coefficient (Wildman–Crippen LogP) is 1.91. The molecule has 0 spiro atoms. The fourth-order valence-corrected chi connectivity index (χ4v) is 3.33. The lowest BCUT2D eigenvalue weighted by molar-refractivity contribution is 0.281. The van der Waals surface area contributed by atoms with Gasteiger partial charge in [0.1, 0.15) is 4.90 Å². The second-order valence-corrected chi connectivity index (χ2v) is 6.70. The Hall–Kier alpha value is -0.620. The normalized spacial score (nSPS) is 15.9. The summed E-state index contributed by atoms with van der Waals surface area (Å²) in [6.45, 7) is 0.231. The summed E-state index contributed by atoms with van der Waals surface area (Å²) in [4.78, 5) is 0.0338. The maximum Gasteiger partial charge on any atom is 0.242 e. The molecule has 1 saturated carbocycles. The van der Waals surface area contributed by atoms with Crippen molar-refractivity contribution in [2.75, 3.05) is 6.54 Å². The van der Waals surface area contributed by atoms with Gasteiger partial charge in [-0.3, -0.25) is 0 Å². The molecule has 2 rings (SSSR count). The number of aliphatic hydroxyl groups is 1. The van der Waals surface area contributed by atoms with Gasteiger partial charge in [-0.2, -0.15) is 0 Å². The van der Waals surface area contributed by atoms with Gasteiger partial charge in [0.25, 0.3) is 0 Å². The summed E-state index contributed by atoms with van der Waals surface area (Å²) in [5.41, 5.74) is 0.530. The number of sulfonamides is 1. The van der Waals surface area contributed by atoms with Crippen molar-refractivity contribution < 1.29 is 13.5 Å². The molecular weight excluding hydrogens is 274 g/mol. The molecule has 1 fully saturated rings. The van der Waals surface area contributed by atoms with Crippen molar-refractivity contribution in [1.82, 2.24) is 4.72 Å². The van der Waals surface area contributed by atoms with E-state index in [4.69, 9.17) is 16.7 Å². The Labute approximate surface area is 112 Å². The van der Waals surface area contributed by atoms with Gasteiger partial charge < -0.3 is 5.11 Å². The third-order valence-electron chi connectivity index (χ3n) is 3.01. The molecule has 0 bridgehead atoms. The maximum atomic E-state index is 12.0. The minimum absolute atomic E-state index is 0.0338. The monoisotopic (exact) mass is 289 g/mol. The molecule has 1 aliphatic carbocycles. The third kappa shape index (κ3) is 3.45. The molecule has 1 aliphatic rings. The number of nitrogens with one attached hydrogen (secondary N) is 1. The van der Waals surface area contributed by atoms with Crippen molar-refractivity contribution in [2.24, 2.45) is 5.92 Å². The Kier molecular flexibility index (Phi) is 4.27. The van der Waals surface area contributed by atoms with E-state index in [2.05, 4.69) is 4.72 Å². The van der Waals surface area contributed by atoms with E-state index in [-0.39, 0.29) is 16.5 Å². The summed E-state index contributed by atoms with van der Waals surface area (Å²) >= 11 is 5.89. The minimum Gasteiger partial charge on any atom is -0.392 e. The smallest absolute Gasteiger partial charge is 0.242 e. The van der Waals surface area contributed by atoms with E-state index in [0.29, 0.717) is 18.0 Å². The quantitative estimate of drug-likeness (QED) is 0.841. The molecule has 2 N–H and O–H groups in total. The van der Waals surface area contributed by atoms with Crippen LogP contribution in [0.3, 0.4) is 0 Å². The van der Waals surface area contributed by atoms with Crippen LogP contribution < -0.4 is 4.72 Å². The summed E-state index contributed by atoms with van der Waals surface area (Å²) in [6.07, 6.45) is 3.27. The maximum absolute atomic E-state index is 12.0. The van der Waals surface area contributed by atoms with Gasteiger partial charge in [-0.05, 0) is 30.0 Å². The van der Waals surface area contributed by atoms with Crippen LogP contribution in [0.5, 0.6) is 0 Å². The molecule has 1 aromatic rings. The van der Waals surface area contributed by atoms with Crippen LogP contribution in [0.25, 0.3) is 0 Å². The van der Waals surface area contributed by atoms with E-state index in [9.17, 15) is 8.42 Å². The van der Waals surface area contributed by atoms with Crippen molar-refractivity contribution in [2.45, 2.75) is 30.8 Å². The second kappa shape index (κ2) is 5.57. The minimum atomic E-state index is -3.58. The van der Waals surface area contributed by atoms with Crippen molar-refractivity contribution in [3.63, 3.8) is 0 Å². The molecule has 0 unspecified atom stereocenters. The number of hydrogen-bond acceptors (Lipinski definition) is 3. The Balaban J connectivity index is 2.11. The topological polar surface area (TPSA) is 66.4 Å². The van der Waals surface area contributed by atoms with Crippen LogP contribution in [0.15, 0.2) is 23.1 Å². The lowest BCUT2D eigenvalue weighted by atomic mass is 10.2. The van der Waals surface area contributed by atoms with Crippen molar-refractivity contribution in [3.05, 3.63) is 28.8 Å². The zero-order chi connectivity index (χ0) is 13.2. The molecule has 1 aromatic carbocycles. The zero-order valence-electron chi connectivity index (χ0n) is 9.89. The lowest BCUT2D eigenvalue weighted by Gasteiger charge is -2.09. The predicted molar refractivity (Wildman–Crippen MR) is 69.9 cm³/mol. The highest BCUT2D eigenvalue weighted by Crippen LogP contribution is 2.32. The molecule has 0 atom stereocenters. The van der Waals surface area contributed by atoms with E-state index in [1.807, 2.05) is 0 Å². The average Bonchev–Trinajstić information content (AvgIpc) is 3.13. The number of aliphatic hydroxyl groups excluding tert-OH is 1. The molecule has 0 amide bonds. The van der Waals surface area contributed by atoms with Gasteiger partial charge in [0, 0.05) is 6.54 Å². The van der Waals surface area contributed by atoms with Gasteiger partial charge >= 0.3 is 0 Å². The molecule has 0 saturated heterocycles. The van der Waals surface area contributed by atoms with Crippen molar-refractivity contribution in [3.8, 4) is 0 Å². The molecule has 0 radical (unpaired) electrons. The Morgan fingerprint density at radius 2 is 2.11 bits per heavy atom. The number of hydrogen-bond donors (Lipinski definition) is 2. The Bertz CT molecular complexity index is 526. The van der Waals surface area contributed by atoms with Crippen molar-refractivity contribution >= 4 is 21.6 Å². The number of halogens is 1. The SMILES string of the molecule is O=S(=O)(NCCC1CC1)c1cc(CO)ccc1Cl. The standard InChI is InChI=1S/C12H16ClNO3S/c13-11-4-3-10(8-15)7-12(11)18(16,17)14-6-5-9-1-2-9/h3-4,7,9,14-15H,1-2,5-6,8H2. The first-order valence-electron chi connectivity index (χ1n) is 5.92. The fourth-order valence-electron chi connectivity index (χ4n) is 1.73. The molecule has 0 heterocycles. The van der Waals surface area contributed by atoms with Crippen LogP contribution >= 0.6 is 11.6 Å².